The largest absolute Gasteiger partial charge is 0.394 e. The minimum Gasteiger partial charge on any atom is -0.394 e. The van der Waals surface area contributed by atoms with Gasteiger partial charge in [0, 0.05) is 22.7 Å². The Morgan fingerprint density at radius 2 is 2.00 bits per heavy atom. The first kappa shape index (κ1) is 23.4. The predicted molar refractivity (Wildman–Crippen MR) is 124 cm³/mol. The van der Waals surface area contributed by atoms with E-state index in [4.69, 9.17) is 0 Å². The van der Waals surface area contributed by atoms with E-state index in [2.05, 4.69) is 26.6 Å². The van der Waals surface area contributed by atoms with Crippen LogP contribution in [0.15, 0.2) is 0 Å². The van der Waals surface area contributed by atoms with E-state index in [1.165, 1.54) is 6.42 Å². The van der Waals surface area contributed by atoms with Gasteiger partial charge in [0.15, 0.2) is 0 Å². The molecule has 0 radical (unpaired) electrons. The minimum absolute atomic E-state index is 0.0256. The summed E-state index contributed by atoms with van der Waals surface area (Å²) in [5.41, 5.74) is 0. The van der Waals surface area contributed by atoms with Crippen molar-refractivity contribution in [2.24, 2.45) is 11.8 Å². The number of thioether (sulfide) groups is 1. The first-order valence-corrected chi connectivity index (χ1v) is 13.5. The van der Waals surface area contributed by atoms with Crippen LogP contribution in [-0.4, -0.2) is 73.8 Å². The second-order valence-electron chi connectivity index (χ2n) is 9.58. The van der Waals surface area contributed by atoms with Crippen LogP contribution in [0.5, 0.6) is 0 Å². The maximum Gasteiger partial charge on any atom is 0.244 e. The zero-order valence-electron chi connectivity index (χ0n) is 18.3. The number of likely N-dealkylation sites (tertiary alicyclic amines) is 1. The molecule has 9 heteroatoms. The first-order valence-electron chi connectivity index (χ1n) is 11.7. The summed E-state index contributed by atoms with van der Waals surface area (Å²) in [6.07, 6.45) is 6.86. The molecule has 3 N–H and O–H groups in total. The van der Waals surface area contributed by atoms with Crippen molar-refractivity contribution >= 4 is 45.4 Å². The van der Waals surface area contributed by atoms with Crippen molar-refractivity contribution in [1.82, 2.24) is 15.5 Å². The standard InChI is InChI=1S/C22H34BrN3O4S/c1-3-9-24-19(28)15-16-21(30)26(12(2)11-27)18(22(16)10-14(23)17(15)31-22)20(29)25-13-7-5-4-6-8-13/h12-18,27H,3-11H2,1-2H3,(H,24,28)(H,25,29)/t12-,14?,15+,16+,17+,18?,22?/m1/s1. The van der Waals surface area contributed by atoms with Gasteiger partial charge in [0.05, 0.1) is 29.2 Å². The fourth-order valence-corrected chi connectivity index (χ4v) is 9.72. The van der Waals surface area contributed by atoms with Crippen molar-refractivity contribution in [3.05, 3.63) is 0 Å². The van der Waals surface area contributed by atoms with Gasteiger partial charge in [0.25, 0.3) is 0 Å². The molecule has 3 heterocycles. The average Bonchev–Trinajstić information content (AvgIpc) is 3.35. The Kier molecular flexibility index (Phi) is 6.94. The SMILES string of the molecule is CCCNC(=O)[C@H]1[C@H]2C(=O)N([C@H](C)CO)C(C(=O)NC3CCCCC3)C23CC(Br)[C@@H]1S3. The molecule has 1 spiro atoms. The maximum atomic E-state index is 13.7. The van der Waals surface area contributed by atoms with Gasteiger partial charge in [-0.1, -0.05) is 42.1 Å². The molecular formula is C22H34BrN3O4S. The van der Waals surface area contributed by atoms with Crippen LogP contribution >= 0.6 is 27.7 Å². The van der Waals surface area contributed by atoms with Crippen molar-refractivity contribution in [3.8, 4) is 0 Å². The third kappa shape index (κ3) is 3.82. The van der Waals surface area contributed by atoms with Crippen molar-refractivity contribution in [3.63, 3.8) is 0 Å². The summed E-state index contributed by atoms with van der Waals surface area (Å²) in [6, 6.07) is -0.986. The zero-order chi connectivity index (χ0) is 22.3. The fraction of sp³-hybridized carbons (Fsp3) is 0.864. The van der Waals surface area contributed by atoms with E-state index in [0.717, 1.165) is 32.1 Å². The lowest BCUT2D eigenvalue weighted by atomic mass is 9.70. The Morgan fingerprint density at radius 1 is 1.29 bits per heavy atom. The third-order valence-corrected chi connectivity index (χ3v) is 10.7. The monoisotopic (exact) mass is 515 g/mol. The van der Waals surface area contributed by atoms with Crippen LogP contribution in [0, 0.1) is 11.8 Å². The van der Waals surface area contributed by atoms with Crippen molar-refractivity contribution in [2.75, 3.05) is 13.2 Å². The van der Waals surface area contributed by atoms with Crippen LogP contribution < -0.4 is 10.6 Å². The lowest BCUT2D eigenvalue weighted by molar-refractivity contribution is -0.142. The molecular weight excluding hydrogens is 482 g/mol. The molecule has 31 heavy (non-hydrogen) atoms. The summed E-state index contributed by atoms with van der Waals surface area (Å²) in [6.45, 7) is 4.16. The quantitative estimate of drug-likeness (QED) is 0.449. The number of hydrogen-bond acceptors (Lipinski definition) is 5. The fourth-order valence-electron chi connectivity index (χ4n) is 6.12. The highest BCUT2D eigenvalue weighted by molar-refractivity contribution is 9.09. The molecule has 174 valence electrons. The highest BCUT2D eigenvalue weighted by Crippen LogP contribution is 2.67. The van der Waals surface area contributed by atoms with E-state index in [-0.39, 0.29) is 40.4 Å². The molecule has 7 atom stereocenters. The Balaban J connectivity index is 1.67. The van der Waals surface area contributed by atoms with Gasteiger partial charge in [-0.2, -0.15) is 0 Å². The second kappa shape index (κ2) is 9.21. The van der Waals surface area contributed by atoms with Crippen LogP contribution in [0.2, 0.25) is 0 Å². The van der Waals surface area contributed by atoms with Crippen LogP contribution in [0.1, 0.15) is 58.8 Å². The number of aliphatic hydroxyl groups is 1. The van der Waals surface area contributed by atoms with Gasteiger partial charge in [-0.3, -0.25) is 14.4 Å². The highest BCUT2D eigenvalue weighted by Gasteiger charge is 2.76. The van der Waals surface area contributed by atoms with E-state index in [1.807, 2.05) is 6.92 Å². The van der Waals surface area contributed by atoms with Crippen LogP contribution in [-0.2, 0) is 14.4 Å². The van der Waals surface area contributed by atoms with E-state index in [0.29, 0.717) is 13.0 Å². The maximum absolute atomic E-state index is 13.7. The molecule has 0 aromatic rings. The minimum atomic E-state index is -0.659. The lowest BCUT2D eigenvalue weighted by Crippen LogP contribution is -2.58. The third-order valence-electron chi connectivity index (χ3n) is 7.52. The number of amides is 3. The summed E-state index contributed by atoms with van der Waals surface area (Å²) < 4.78 is -0.633. The summed E-state index contributed by atoms with van der Waals surface area (Å²) in [4.78, 5) is 42.1. The van der Waals surface area contributed by atoms with Gasteiger partial charge >= 0.3 is 0 Å². The van der Waals surface area contributed by atoms with E-state index >= 15 is 0 Å². The Hall–Kier alpha value is -0.800. The number of hydrogen-bond donors (Lipinski definition) is 3. The molecule has 4 fully saturated rings. The highest BCUT2D eigenvalue weighted by atomic mass is 79.9. The number of carbonyl (C=O) groups is 3. The number of aliphatic hydroxyl groups excluding tert-OH is 1. The van der Waals surface area contributed by atoms with Gasteiger partial charge in [-0.15, -0.1) is 11.8 Å². The number of nitrogens with zero attached hydrogens (tertiary/aromatic N) is 1. The summed E-state index contributed by atoms with van der Waals surface area (Å²) in [5.74, 6) is -1.34. The molecule has 3 saturated heterocycles. The lowest BCUT2D eigenvalue weighted by Gasteiger charge is -2.37. The predicted octanol–water partition coefficient (Wildman–Crippen LogP) is 1.81. The number of alkyl halides is 1. The number of rotatable bonds is 7. The van der Waals surface area contributed by atoms with Crippen LogP contribution in [0.3, 0.4) is 0 Å². The Bertz CT molecular complexity index is 734. The molecule has 7 nitrogen and oxygen atoms in total. The normalized spacial score (nSPS) is 38.3. The summed E-state index contributed by atoms with van der Waals surface area (Å²) in [7, 11) is 0. The number of carbonyl (C=O) groups excluding carboxylic acids is 3. The molecule has 1 saturated carbocycles. The topological polar surface area (TPSA) is 98.7 Å². The van der Waals surface area contributed by atoms with Crippen molar-refractivity contribution in [2.45, 2.75) is 91.7 Å². The van der Waals surface area contributed by atoms with Gasteiger partial charge in [0.2, 0.25) is 17.7 Å². The molecule has 0 aromatic carbocycles. The van der Waals surface area contributed by atoms with Gasteiger partial charge in [0.1, 0.15) is 6.04 Å². The zero-order valence-corrected chi connectivity index (χ0v) is 20.7. The number of halogens is 1. The summed E-state index contributed by atoms with van der Waals surface area (Å²) >= 11 is 5.41. The molecule has 0 aromatic heterocycles. The van der Waals surface area contributed by atoms with Gasteiger partial charge in [-0.05, 0) is 32.6 Å². The van der Waals surface area contributed by atoms with Crippen LogP contribution in [0.25, 0.3) is 0 Å². The molecule has 4 rings (SSSR count). The molecule has 4 aliphatic rings. The van der Waals surface area contributed by atoms with Crippen LogP contribution in [0.4, 0.5) is 0 Å². The smallest absolute Gasteiger partial charge is 0.244 e. The Labute approximate surface area is 197 Å². The molecule has 3 aliphatic heterocycles. The molecule has 1 aliphatic carbocycles. The van der Waals surface area contributed by atoms with Gasteiger partial charge in [-0.25, -0.2) is 0 Å². The van der Waals surface area contributed by atoms with Gasteiger partial charge < -0.3 is 20.6 Å². The Morgan fingerprint density at radius 3 is 2.65 bits per heavy atom. The number of fused-ring (bicyclic) bond motifs is 1. The van der Waals surface area contributed by atoms with Crippen molar-refractivity contribution < 1.29 is 19.5 Å². The van der Waals surface area contributed by atoms with E-state index < -0.39 is 28.7 Å². The molecule has 2 bridgehead atoms. The molecule has 3 amide bonds. The first-order chi connectivity index (χ1) is 14.9. The van der Waals surface area contributed by atoms with E-state index in [1.54, 1.807) is 23.6 Å². The van der Waals surface area contributed by atoms with Crippen molar-refractivity contribution in [1.29, 1.82) is 0 Å². The van der Waals surface area contributed by atoms with E-state index in [9.17, 15) is 19.5 Å². The number of nitrogens with one attached hydrogen (secondary N) is 2. The average molecular weight is 517 g/mol. The molecule has 3 unspecified atom stereocenters. The second-order valence-corrected chi connectivity index (χ2v) is 12.3. The summed E-state index contributed by atoms with van der Waals surface area (Å²) in [5, 5.41) is 16.1.